The summed E-state index contributed by atoms with van der Waals surface area (Å²) in [5.41, 5.74) is 8.55. The fourth-order valence-electron chi connectivity index (χ4n) is 2.49. The normalized spacial score (nSPS) is 33.5. The summed E-state index contributed by atoms with van der Waals surface area (Å²) >= 11 is 0. The second kappa shape index (κ2) is 4.64. The number of nitrogens with two attached hydrogens (primary N) is 1. The van der Waals surface area contributed by atoms with Crippen LogP contribution in [0.5, 0.6) is 0 Å². The summed E-state index contributed by atoms with van der Waals surface area (Å²) in [7, 11) is 0. The zero-order valence-electron chi connectivity index (χ0n) is 9.04. The zero-order valence-corrected chi connectivity index (χ0v) is 9.04. The Morgan fingerprint density at radius 2 is 2.13 bits per heavy atom. The predicted molar refractivity (Wildman–Crippen MR) is 59.5 cm³/mol. The van der Waals surface area contributed by atoms with Gasteiger partial charge in [0, 0.05) is 11.6 Å². The van der Waals surface area contributed by atoms with Gasteiger partial charge in [0.05, 0.1) is 0 Å². The number of hydrazone groups is 1. The topological polar surface area (TPSA) is 67.5 Å². The average molecular weight is 209 g/mol. The van der Waals surface area contributed by atoms with E-state index in [0.29, 0.717) is 5.92 Å². The Hall–Kier alpha value is -1.06. The lowest BCUT2D eigenvalue weighted by molar-refractivity contribution is 0.249. The van der Waals surface area contributed by atoms with Crippen LogP contribution in [-0.4, -0.2) is 11.7 Å². The van der Waals surface area contributed by atoms with Gasteiger partial charge in [-0.25, -0.2) is 10.2 Å². The summed E-state index contributed by atoms with van der Waals surface area (Å²) in [5.74, 6) is 1.46. The Labute approximate surface area is 90.3 Å². The third-order valence-corrected chi connectivity index (χ3v) is 3.42. The summed E-state index contributed by atoms with van der Waals surface area (Å²) in [5, 5.41) is 4.14. The maximum absolute atomic E-state index is 10.6. The predicted octanol–water partition coefficient (Wildman–Crippen LogP) is 2.00. The molecule has 0 aliphatic heterocycles. The average Bonchev–Trinajstić information content (AvgIpc) is 2.94. The number of amides is 2. The van der Waals surface area contributed by atoms with E-state index >= 15 is 0 Å². The van der Waals surface area contributed by atoms with Crippen molar-refractivity contribution < 1.29 is 4.79 Å². The number of rotatable bonds is 1. The van der Waals surface area contributed by atoms with Gasteiger partial charge < -0.3 is 5.73 Å². The zero-order chi connectivity index (χ0) is 10.7. The second-order valence-electron chi connectivity index (χ2n) is 4.63. The molecule has 3 N–H and O–H groups in total. The molecular weight excluding hydrogens is 190 g/mol. The van der Waals surface area contributed by atoms with Gasteiger partial charge in [-0.05, 0) is 31.6 Å². The van der Waals surface area contributed by atoms with Crippen molar-refractivity contribution in [2.24, 2.45) is 22.7 Å². The SMILES string of the molecule is NC(=O)N/N=C1\CCCCCCC2CC12. The monoisotopic (exact) mass is 209 g/mol. The molecule has 4 heteroatoms. The highest BCUT2D eigenvalue weighted by Crippen LogP contribution is 2.45. The van der Waals surface area contributed by atoms with Crippen LogP contribution < -0.4 is 11.2 Å². The Balaban J connectivity index is 1.95. The van der Waals surface area contributed by atoms with E-state index in [1.807, 2.05) is 0 Å². The second-order valence-corrected chi connectivity index (χ2v) is 4.63. The van der Waals surface area contributed by atoms with Gasteiger partial charge in [0.15, 0.2) is 0 Å². The van der Waals surface area contributed by atoms with Crippen molar-refractivity contribution in [2.45, 2.75) is 44.9 Å². The first-order valence-corrected chi connectivity index (χ1v) is 5.89. The van der Waals surface area contributed by atoms with E-state index in [9.17, 15) is 4.79 Å². The van der Waals surface area contributed by atoms with E-state index in [0.717, 1.165) is 12.3 Å². The molecule has 0 aromatic heterocycles. The number of hydrogen-bond donors (Lipinski definition) is 2. The Morgan fingerprint density at radius 3 is 2.93 bits per heavy atom. The molecule has 2 atom stereocenters. The lowest BCUT2D eigenvalue weighted by atomic mass is 10.1. The van der Waals surface area contributed by atoms with Crippen LogP contribution in [0.2, 0.25) is 0 Å². The molecular formula is C11H19N3O. The van der Waals surface area contributed by atoms with Crippen molar-refractivity contribution in [2.75, 3.05) is 0 Å². The fourth-order valence-corrected chi connectivity index (χ4v) is 2.49. The molecule has 2 aliphatic rings. The first-order valence-electron chi connectivity index (χ1n) is 5.89. The lowest BCUT2D eigenvalue weighted by Gasteiger charge is -2.04. The van der Waals surface area contributed by atoms with Crippen LogP contribution in [0.1, 0.15) is 44.9 Å². The van der Waals surface area contributed by atoms with Crippen LogP contribution in [0.15, 0.2) is 5.10 Å². The van der Waals surface area contributed by atoms with Gasteiger partial charge in [0.25, 0.3) is 0 Å². The van der Waals surface area contributed by atoms with Crippen molar-refractivity contribution >= 4 is 11.7 Å². The van der Waals surface area contributed by atoms with Crippen LogP contribution in [0.4, 0.5) is 4.79 Å². The number of nitrogens with zero attached hydrogens (tertiary/aromatic N) is 1. The molecule has 2 unspecified atom stereocenters. The molecule has 0 aromatic carbocycles. The van der Waals surface area contributed by atoms with Crippen LogP contribution in [-0.2, 0) is 0 Å². The lowest BCUT2D eigenvalue weighted by Crippen LogP contribution is -2.26. The molecule has 0 bridgehead atoms. The highest BCUT2D eigenvalue weighted by molar-refractivity contribution is 5.90. The maximum Gasteiger partial charge on any atom is 0.332 e. The van der Waals surface area contributed by atoms with E-state index in [4.69, 9.17) is 5.73 Å². The fraction of sp³-hybridized carbons (Fsp3) is 0.818. The number of fused-ring (bicyclic) bond motifs is 1. The van der Waals surface area contributed by atoms with Gasteiger partial charge in [0.2, 0.25) is 0 Å². The van der Waals surface area contributed by atoms with Crippen LogP contribution in [0.3, 0.4) is 0 Å². The number of nitrogens with one attached hydrogen (secondary N) is 1. The van der Waals surface area contributed by atoms with Gasteiger partial charge >= 0.3 is 6.03 Å². The molecule has 15 heavy (non-hydrogen) atoms. The summed E-state index contributed by atoms with van der Waals surface area (Å²) in [6.07, 6.45) is 8.82. The number of hydrogen-bond acceptors (Lipinski definition) is 2. The standard InChI is InChI=1S/C11H19N3O/c12-11(15)14-13-10-6-4-2-1-3-5-8-7-9(8)10/h8-9H,1-7H2,(H3,12,14,15)/b13-10+. The summed E-state index contributed by atoms with van der Waals surface area (Å²) in [6, 6.07) is -0.556. The highest BCUT2D eigenvalue weighted by Gasteiger charge is 2.40. The van der Waals surface area contributed by atoms with Crippen molar-refractivity contribution in [1.29, 1.82) is 0 Å². The largest absolute Gasteiger partial charge is 0.350 e. The number of carbonyl (C=O) groups is 1. The van der Waals surface area contributed by atoms with Crippen molar-refractivity contribution in [3.63, 3.8) is 0 Å². The third kappa shape index (κ3) is 2.94. The van der Waals surface area contributed by atoms with Crippen molar-refractivity contribution in [3.8, 4) is 0 Å². The minimum atomic E-state index is -0.556. The van der Waals surface area contributed by atoms with E-state index in [2.05, 4.69) is 10.5 Å². The van der Waals surface area contributed by atoms with Crippen LogP contribution >= 0.6 is 0 Å². The van der Waals surface area contributed by atoms with Crippen molar-refractivity contribution in [1.82, 2.24) is 5.43 Å². The van der Waals surface area contributed by atoms with Gasteiger partial charge in [-0.3, -0.25) is 0 Å². The molecule has 2 amide bonds. The quantitative estimate of drug-likeness (QED) is 0.637. The molecule has 0 saturated heterocycles. The van der Waals surface area contributed by atoms with Gasteiger partial charge in [-0.15, -0.1) is 0 Å². The molecule has 0 radical (unpaired) electrons. The molecule has 0 spiro atoms. The molecule has 0 aromatic rings. The molecule has 2 saturated carbocycles. The van der Waals surface area contributed by atoms with Crippen LogP contribution in [0.25, 0.3) is 0 Å². The van der Waals surface area contributed by atoms with E-state index < -0.39 is 6.03 Å². The van der Waals surface area contributed by atoms with Gasteiger partial charge in [-0.2, -0.15) is 5.10 Å². The molecule has 0 heterocycles. The van der Waals surface area contributed by atoms with E-state index in [-0.39, 0.29) is 0 Å². The molecule has 84 valence electrons. The maximum atomic E-state index is 10.6. The van der Waals surface area contributed by atoms with Crippen LogP contribution in [0, 0.1) is 11.8 Å². The first kappa shape index (κ1) is 10.5. The minimum absolute atomic E-state index is 0.556. The minimum Gasteiger partial charge on any atom is -0.350 e. The number of carbonyl (C=O) groups excluding carboxylic acids is 1. The molecule has 2 fully saturated rings. The number of urea groups is 1. The molecule has 2 aliphatic carbocycles. The summed E-state index contributed by atoms with van der Waals surface area (Å²) < 4.78 is 0. The van der Waals surface area contributed by atoms with E-state index in [1.54, 1.807) is 0 Å². The van der Waals surface area contributed by atoms with Gasteiger partial charge in [0.1, 0.15) is 0 Å². The summed E-state index contributed by atoms with van der Waals surface area (Å²) in [6.45, 7) is 0. The smallest absolute Gasteiger partial charge is 0.332 e. The Morgan fingerprint density at radius 1 is 1.33 bits per heavy atom. The molecule has 2 rings (SSSR count). The Kier molecular flexibility index (Phi) is 3.23. The number of primary amides is 1. The highest BCUT2D eigenvalue weighted by atomic mass is 16.2. The molecule has 4 nitrogen and oxygen atoms in total. The third-order valence-electron chi connectivity index (χ3n) is 3.42. The Bertz CT molecular complexity index is 275. The van der Waals surface area contributed by atoms with E-state index in [1.165, 1.54) is 44.2 Å². The van der Waals surface area contributed by atoms with Crippen molar-refractivity contribution in [3.05, 3.63) is 0 Å². The summed E-state index contributed by atoms with van der Waals surface area (Å²) in [4.78, 5) is 10.6. The van der Waals surface area contributed by atoms with Gasteiger partial charge in [-0.1, -0.05) is 19.3 Å². The first-order chi connectivity index (χ1) is 7.27.